The van der Waals surface area contributed by atoms with Gasteiger partial charge in [0.2, 0.25) is 0 Å². The Morgan fingerprint density at radius 1 is 1.33 bits per heavy atom. The van der Waals surface area contributed by atoms with Crippen molar-refractivity contribution in [3.05, 3.63) is 17.5 Å². The normalized spacial score (nSPS) is 22.6. The standard InChI is InChI=1S/C16H28N4O/c1-3-13(2)20-8-6-19(7-9-20)12-16-10-15(18-21-16)11-17-14-4-5-14/h10,13-14,17H,3-9,11-12H2,1-2H3. The van der Waals surface area contributed by atoms with Gasteiger partial charge >= 0.3 is 0 Å². The molecular weight excluding hydrogens is 264 g/mol. The second kappa shape index (κ2) is 6.90. The highest BCUT2D eigenvalue weighted by Gasteiger charge is 2.22. The van der Waals surface area contributed by atoms with E-state index in [2.05, 4.69) is 40.2 Å². The molecule has 2 aliphatic rings. The highest BCUT2D eigenvalue weighted by atomic mass is 16.5. The van der Waals surface area contributed by atoms with Crippen LogP contribution in [0.4, 0.5) is 0 Å². The van der Waals surface area contributed by atoms with Crippen molar-refractivity contribution in [2.45, 2.75) is 58.3 Å². The predicted octanol–water partition coefficient (Wildman–Crippen LogP) is 1.84. The molecule has 1 N–H and O–H groups in total. The Hall–Kier alpha value is -0.910. The van der Waals surface area contributed by atoms with Crippen LogP contribution in [0.5, 0.6) is 0 Å². The molecule has 0 amide bonds. The Bertz CT molecular complexity index is 435. The van der Waals surface area contributed by atoms with Crippen LogP contribution in [0, 0.1) is 0 Å². The van der Waals surface area contributed by atoms with Gasteiger partial charge in [-0.25, -0.2) is 0 Å². The first kappa shape index (κ1) is 15.0. The highest BCUT2D eigenvalue weighted by Crippen LogP contribution is 2.19. The van der Waals surface area contributed by atoms with Crippen molar-refractivity contribution in [1.29, 1.82) is 0 Å². The lowest BCUT2D eigenvalue weighted by Crippen LogP contribution is -2.48. The fourth-order valence-corrected chi connectivity index (χ4v) is 2.89. The van der Waals surface area contributed by atoms with Gasteiger partial charge in [-0.15, -0.1) is 0 Å². The Balaban J connectivity index is 1.42. The number of aromatic nitrogens is 1. The molecule has 1 aromatic heterocycles. The van der Waals surface area contributed by atoms with E-state index < -0.39 is 0 Å². The van der Waals surface area contributed by atoms with Gasteiger partial charge in [-0.3, -0.25) is 9.80 Å². The first-order valence-corrected chi connectivity index (χ1v) is 8.39. The van der Waals surface area contributed by atoms with Crippen LogP contribution >= 0.6 is 0 Å². The second-order valence-corrected chi connectivity index (χ2v) is 6.51. The molecule has 3 rings (SSSR count). The van der Waals surface area contributed by atoms with Gasteiger partial charge in [0.15, 0.2) is 5.76 Å². The quantitative estimate of drug-likeness (QED) is 0.831. The van der Waals surface area contributed by atoms with Crippen LogP contribution in [0.1, 0.15) is 44.6 Å². The Kier molecular flexibility index (Phi) is 4.93. The zero-order valence-corrected chi connectivity index (χ0v) is 13.3. The summed E-state index contributed by atoms with van der Waals surface area (Å²) in [7, 11) is 0. The van der Waals surface area contributed by atoms with Crippen molar-refractivity contribution in [3.8, 4) is 0 Å². The van der Waals surface area contributed by atoms with Gasteiger partial charge in [-0.1, -0.05) is 12.1 Å². The van der Waals surface area contributed by atoms with Crippen molar-refractivity contribution in [1.82, 2.24) is 20.3 Å². The van der Waals surface area contributed by atoms with Crippen LogP contribution in [0.3, 0.4) is 0 Å². The maximum Gasteiger partial charge on any atom is 0.151 e. The Morgan fingerprint density at radius 3 is 2.76 bits per heavy atom. The zero-order valence-electron chi connectivity index (χ0n) is 13.3. The second-order valence-electron chi connectivity index (χ2n) is 6.51. The summed E-state index contributed by atoms with van der Waals surface area (Å²) in [5.74, 6) is 1.000. The maximum absolute atomic E-state index is 5.47. The van der Waals surface area contributed by atoms with E-state index in [-0.39, 0.29) is 0 Å². The molecule has 1 atom stereocenters. The molecule has 5 heteroatoms. The lowest BCUT2D eigenvalue weighted by Gasteiger charge is -2.37. The number of hydrogen-bond donors (Lipinski definition) is 1. The molecule has 1 aromatic rings. The minimum Gasteiger partial charge on any atom is -0.360 e. The van der Waals surface area contributed by atoms with Gasteiger partial charge in [0, 0.05) is 50.9 Å². The zero-order chi connectivity index (χ0) is 14.7. The molecule has 2 heterocycles. The molecular formula is C16H28N4O. The molecule has 2 fully saturated rings. The largest absolute Gasteiger partial charge is 0.360 e. The minimum atomic E-state index is 0.706. The van der Waals surface area contributed by atoms with Gasteiger partial charge in [0.25, 0.3) is 0 Å². The van der Waals surface area contributed by atoms with Crippen LogP contribution in [-0.4, -0.2) is 53.2 Å². The molecule has 1 saturated heterocycles. The number of piperazine rings is 1. The first-order valence-electron chi connectivity index (χ1n) is 8.39. The summed E-state index contributed by atoms with van der Waals surface area (Å²) in [6, 6.07) is 3.53. The van der Waals surface area contributed by atoms with Crippen LogP contribution in [0.2, 0.25) is 0 Å². The fourth-order valence-electron chi connectivity index (χ4n) is 2.89. The van der Waals surface area contributed by atoms with E-state index in [0.29, 0.717) is 6.04 Å². The van der Waals surface area contributed by atoms with Gasteiger partial charge in [-0.2, -0.15) is 0 Å². The molecule has 0 aromatic carbocycles. The van der Waals surface area contributed by atoms with Crippen molar-refractivity contribution >= 4 is 0 Å². The number of rotatable bonds is 7. The summed E-state index contributed by atoms with van der Waals surface area (Å²) >= 11 is 0. The molecule has 0 bridgehead atoms. The van der Waals surface area contributed by atoms with Gasteiger partial charge < -0.3 is 9.84 Å². The molecule has 0 radical (unpaired) electrons. The van der Waals surface area contributed by atoms with Crippen molar-refractivity contribution in [2.24, 2.45) is 0 Å². The minimum absolute atomic E-state index is 0.706. The van der Waals surface area contributed by atoms with E-state index in [4.69, 9.17) is 4.52 Å². The van der Waals surface area contributed by atoms with E-state index in [1.165, 1.54) is 32.4 Å². The summed E-state index contributed by atoms with van der Waals surface area (Å²) in [5.41, 5.74) is 1.04. The van der Waals surface area contributed by atoms with Gasteiger partial charge in [0.1, 0.15) is 0 Å². The molecule has 5 nitrogen and oxygen atoms in total. The summed E-state index contributed by atoms with van der Waals surface area (Å²) in [6.07, 6.45) is 3.86. The van der Waals surface area contributed by atoms with E-state index in [1.54, 1.807) is 0 Å². The van der Waals surface area contributed by atoms with E-state index >= 15 is 0 Å². The topological polar surface area (TPSA) is 44.5 Å². The third kappa shape index (κ3) is 4.28. The Morgan fingerprint density at radius 2 is 2.10 bits per heavy atom. The molecule has 118 valence electrons. The Labute approximate surface area is 127 Å². The molecule has 1 unspecified atom stereocenters. The average molecular weight is 292 g/mol. The maximum atomic E-state index is 5.47. The number of hydrogen-bond acceptors (Lipinski definition) is 5. The smallest absolute Gasteiger partial charge is 0.151 e. The number of nitrogens with one attached hydrogen (secondary N) is 1. The first-order chi connectivity index (χ1) is 10.2. The van der Waals surface area contributed by atoms with Crippen LogP contribution < -0.4 is 5.32 Å². The molecule has 21 heavy (non-hydrogen) atoms. The van der Waals surface area contributed by atoms with E-state index in [1.807, 2.05) is 0 Å². The SMILES string of the molecule is CCC(C)N1CCN(Cc2cc(CNC3CC3)no2)CC1. The molecule has 1 aliphatic carbocycles. The van der Waals surface area contributed by atoms with Crippen molar-refractivity contribution in [3.63, 3.8) is 0 Å². The van der Waals surface area contributed by atoms with Crippen LogP contribution in [0.15, 0.2) is 10.6 Å². The molecule has 0 spiro atoms. The van der Waals surface area contributed by atoms with E-state index in [0.717, 1.165) is 43.7 Å². The van der Waals surface area contributed by atoms with Crippen molar-refractivity contribution in [2.75, 3.05) is 26.2 Å². The monoisotopic (exact) mass is 292 g/mol. The van der Waals surface area contributed by atoms with Gasteiger partial charge in [0.05, 0.1) is 12.2 Å². The predicted molar refractivity (Wildman–Crippen MR) is 83.0 cm³/mol. The van der Waals surface area contributed by atoms with Gasteiger partial charge in [-0.05, 0) is 26.2 Å². The summed E-state index contributed by atoms with van der Waals surface area (Å²) < 4.78 is 5.47. The lowest BCUT2D eigenvalue weighted by atomic mass is 10.2. The van der Waals surface area contributed by atoms with E-state index in [9.17, 15) is 0 Å². The third-order valence-corrected chi connectivity index (χ3v) is 4.76. The third-order valence-electron chi connectivity index (χ3n) is 4.76. The molecule has 1 aliphatic heterocycles. The summed E-state index contributed by atoms with van der Waals surface area (Å²) in [4.78, 5) is 5.05. The van der Waals surface area contributed by atoms with Crippen LogP contribution in [-0.2, 0) is 13.1 Å². The highest BCUT2D eigenvalue weighted by molar-refractivity contribution is 5.06. The van der Waals surface area contributed by atoms with Crippen LogP contribution in [0.25, 0.3) is 0 Å². The van der Waals surface area contributed by atoms with Crippen molar-refractivity contribution < 1.29 is 4.52 Å². The summed E-state index contributed by atoms with van der Waals surface area (Å²) in [6.45, 7) is 10.9. The lowest BCUT2D eigenvalue weighted by molar-refractivity contribution is 0.0904. The number of nitrogens with zero attached hydrogens (tertiary/aromatic N) is 3. The molecule has 1 saturated carbocycles. The average Bonchev–Trinajstić information content (AvgIpc) is 3.25. The summed E-state index contributed by atoms with van der Waals surface area (Å²) in [5, 5.41) is 7.64. The fraction of sp³-hybridized carbons (Fsp3) is 0.812.